The van der Waals surface area contributed by atoms with Crippen LogP contribution in [0.15, 0.2) is 24.3 Å². The van der Waals surface area contributed by atoms with E-state index in [2.05, 4.69) is 10.6 Å². The monoisotopic (exact) mass is 348 g/mol. The van der Waals surface area contributed by atoms with E-state index in [-0.39, 0.29) is 11.4 Å². The van der Waals surface area contributed by atoms with Crippen molar-refractivity contribution in [1.29, 1.82) is 0 Å². The fourth-order valence-electron chi connectivity index (χ4n) is 5.34. The Labute approximate surface area is 147 Å². The molecule has 5 heteroatoms. The van der Waals surface area contributed by atoms with Gasteiger partial charge in [-0.2, -0.15) is 0 Å². The molecular formula is C18H21ClN2OS. The van der Waals surface area contributed by atoms with Gasteiger partial charge >= 0.3 is 0 Å². The molecule has 0 radical (unpaired) electrons. The molecule has 4 aliphatic rings. The first-order valence-electron chi connectivity index (χ1n) is 8.40. The third kappa shape index (κ3) is 3.11. The number of amides is 1. The molecule has 0 saturated heterocycles. The summed E-state index contributed by atoms with van der Waals surface area (Å²) < 4.78 is 0. The van der Waals surface area contributed by atoms with E-state index in [9.17, 15) is 4.79 Å². The molecule has 2 N–H and O–H groups in total. The summed E-state index contributed by atoms with van der Waals surface area (Å²) in [7, 11) is 0. The van der Waals surface area contributed by atoms with Crippen LogP contribution in [0.1, 0.15) is 48.9 Å². The smallest absolute Gasteiger partial charge is 0.257 e. The second-order valence-corrected chi connectivity index (χ2v) is 8.46. The number of rotatable bonds is 2. The Bertz CT molecular complexity index is 625. The number of thiocarbonyl (C=S) groups is 1. The molecule has 0 aliphatic heterocycles. The van der Waals surface area contributed by atoms with E-state index in [0.717, 1.165) is 17.8 Å². The minimum absolute atomic E-state index is 0.118. The van der Waals surface area contributed by atoms with E-state index in [1.165, 1.54) is 38.5 Å². The molecule has 0 atom stereocenters. The Balaban J connectivity index is 1.41. The van der Waals surface area contributed by atoms with Gasteiger partial charge in [0.05, 0.1) is 0 Å². The largest absolute Gasteiger partial charge is 0.357 e. The van der Waals surface area contributed by atoms with Gasteiger partial charge in [-0.25, -0.2) is 0 Å². The third-order valence-corrected chi connectivity index (χ3v) is 6.17. The van der Waals surface area contributed by atoms with E-state index >= 15 is 0 Å². The third-order valence-electron chi connectivity index (χ3n) is 5.73. The highest BCUT2D eigenvalue weighted by atomic mass is 35.5. The van der Waals surface area contributed by atoms with Crippen molar-refractivity contribution >= 4 is 34.8 Å². The Morgan fingerprint density at radius 1 is 1.13 bits per heavy atom. The van der Waals surface area contributed by atoms with Gasteiger partial charge in [0.25, 0.3) is 5.91 Å². The normalized spacial score (nSPS) is 34.2. The summed E-state index contributed by atoms with van der Waals surface area (Å²) in [6.07, 6.45) is 7.78. The van der Waals surface area contributed by atoms with Crippen LogP contribution in [0.4, 0.5) is 0 Å². The van der Waals surface area contributed by atoms with Crippen LogP contribution in [-0.2, 0) is 0 Å². The maximum absolute atomic E-state index is 12.3. The molecule has 4 aliphatic carbocycles. The van der Waals surface area contributed by atoms with Crippen molar-refractivity contribution in [2.75, 3.05) is 0 Å². The number of hydrogen-bond acceptors (Lipinski definition) is 2. The van der Waals surface area contributed by atoms with Crippen LogP contribution in [0.25, 0.3) is 0 Å². The predicted molar refractivity (Wildman–Crippen MR) is 95.6 cm³/mol. The molecular weight excluding hydrogens is 328 g/mol. The lowest BCUT2D eigenvalue weighted by atomic mass is 9.53. The standard InChI is InChI=1S/C18H21ClN2OS/c19-15-3-1-2-14(7-15)16(22)20-17(23)21-18-8-11-4-12(9-18)6-13(5-11)10-18/h1-3,7,11-13H,4-6,8-10H2,(H2,20,21,22,23). The van der Waals surface area contributed by atoms with Gasteiger partial charge in [-0.1, -0.05) is 17.7 Å². The summed E-state index contributed by atoms with van der Waals surface area (Å²) in [6.45, 7) is 0. The number of benzene rings is 1. The van der Waals surface area contributed by atoms with Crippen molar-refractivity contribution < 1.29 is 4.79 Å². The molecule has 0 aromatic heterocycles. The predicted octanol–water partition coefficient (Wildman–Crippen LogP) is 3.91. The van der Waals surface area contributed by atoms with Gasteiger partial charge in [-0.05, 0) is 86.7 Å². The Morgan fingerprint density at radius 2 is 1.74 bits per heavy atom. The van der Waals surface area contributed by atoms with Crippen LogP contribution in [0, 0.1) is 17.8 Å². The summed E-state index contributed by atoms with van der Waals surface area (Å²) in [5.41, 5.74) is 0.653. The maximum Gasteiger partial charge on any atom is 0.257 e. The topological polar surface area (TPSA) is 41.1 Å². The van der Waals surface area contributed by atoms with E-state index in [0.29, 0.717) is 15.7 Å². The first-order valence-corrected chi connectivity index (χ1v) is 9.19. The summed E-state index contributed by atoms with van der Waals surface area (Å²) in [5.74, 6) is 2.34. The SMILES string of the molecule is O=C(NC(=S)NC12CC3CC(CC(C3)C1)C2)c1cccc(Cl)c1. The van der Waals surface area contributed by atoms with Crippen LogP contribution in [0.5, 0.6) is 0 Å². The highest BCUT2D eigenvalue weighted by Crippen LogP contribution is 2.55. The van der Waals surface area contributed by atoms with Gasteiger partial charge in [-0.3, -0.25) is 10.1 Å². The van der Waals surface area contributed by atoms with Crippen molar-refractivity contribution in [2.24, 2.45) is 17.8 Å². The zero-order valence-corrected chi connectivity index (χ0v) is 14.6. The van der Waals surface area contributed by atoms with E-state index in [1.54, 1.807) is 24.3 Å². The number of carbonyl (C=O) groups excluding carboxylic acids is 1. The Hall–Kier alpha value is -1.13. The van der Waals surface area contributed by atoms with Crippen molar-refractivity contribution in [1.82, 2.24) is 10.6 Å². The molecule has 1 aromatic carbocycles. The van der Waals surface area contributed by atoms with Crippen LogP contribution >= 0.6 is 23.8 Å². The Kier molecular flexibility index (Phi) is 3.85. The van der Waals surface area contributed by atoms with E-state index in [1.807, 2.05) is 0 Å². The minimum atomic E-state index is -0.199. The maximum atomic E-state index is 12.3. The lowest BCUT2D eigenvalue weighted by molar-refractivity contribution is -0.0101. The first kappa shape index (κ1) is 15.4. The van der Waals surface area contributed by atoms with Crippen molar-refractivity contribution in [3.05, 3.63) is 34.9 Å². The second kappa shape index (κ2) is 5.75. The molecule has 122 valence electrons. The summed E-state index contributed by atoms with van der Waals surface area (Å²) in [5, 5.41) is 7.34. The number of carbonyl (C=O) groups is 1. The number of halogens is 1. The van der Waals surface area contributed by atoms with E-state index < -0.39 is 0 Å². The average molecular weight is 349 g/mol. The van der Waals surface area contributed by atoms with Gasteiger partial charge in [0.2, 0.25) is 0 Å². The quantitative estimate of drug-likeness (QED) is 0.796. The fraction of sp³-hybridized carbons (Fsp3) is 0.556. The molecule has 0 unspecified atom stereocenters. The molecule has 23 heavy (non-hydrogen) atoms. The first-order chi connectivity index (χ1) is 11.0. The molecule has 1 aromatic rings. The van der Waals surface area contributed by atoms with Crippen LogP contribution < -0.4 is 10.6 Å². The zero-order chi connectivity index (χ0) is 16.0. The fourth-order valence-corrected chi connectivity index (χ4v) is 5.84. The van der Waals surface area contributed by atoms with Gasteiger partial charge in [0.15, 0.2) is 5.11 Å². The number of hydrogen-bond donors (Lipinski definition) is 2. The van der Waals surface area contributed by atoms with Gasteiger partial charge in [0.1, 0.15) is 0 Å². The van der Waals surface area contributed by atoms with Crippen molar-refractivity contribution in [3.8, 4) is 0 Å². The molecule has 4 fully saturated rings. The van der Waals surface area contributed by atoms with Gasteiger partial charge in [-0.15, -0.1) is 0 Å². The summed E-state index contributed by atoms with van der Waals surface area (Å²) in [4.78, 5) is 12.3. The second-order valence-electron chi connectivity index (χ2n) is 7.62. The van der Waals surface area contributed by atoms with Gasteiger partial charge in [0, 0.05) is 16.1 Å². The molecule has 4 bridgehead atoms. The highest BCUT2D eigenvalue weighted by molar-refractivity contribution is 7.80. The van der Waals surface area contributed by atoms with Crippen LogP contribution in [0.3, 0.4) is 0 Å². The zero-order valence-electron chi connectivity index (χ0n) is 13.0. The molecule has 3 nitrogen and oxygen atoms in total. The van der Waals surface area contributed by atoms with Crippen molar-refractivity contribution in [2.45, 2.75) is 44.1 Å². The summed E-state index contributed by atoms with van der Waals surface area (Å²) >= 11 is 11.4. The molecule has 1 amide bonds. The van der Waals surface area contributed by atoms with E-state index in [4.69, 9.17) is 23.8 Å². The molecule has 0 heterocycles. The van der Waals surface area contributed by atoms with Crippen LogP contribution in [-0.4, -0.2) is 16.6 Å². The highest BCUT2D eigenvalue weighted by Gasteiger charge is 2.51. The van der Waals surface area contributed by atoms with Crippen LogP contribution in [0.2, 0.25) is 5.02 Å². The number of nitrogens with one attached hydrogen (secondary N) is 2. The van der Waals surface area contributed by atoms with Crippen molar-refractivity contribution in [3.63, 3.8) is 0 Å². The Morgan fingerprint density at radius 3 is 2.30 bits per heavy atom. The lowest BCUT2D eigenvalue weighted by Gasteiger charge is -2.57. The molecule has 5 rings (SSSR count). The minimum Gasteiger partial charge on any atom is -0.357 e. The molecule has 0 spiro atoms. The van der Waals surface area contributed by atoms with Gasteiger partial charge < -0.3 is 5.32 Å². The molecule has 4 saturated carbocycles. The average Bonchev–Trinajstić information content (AvgIpc) is 2.44. The summed E-state index contributed by atoms with van der Waals surface area (Å²) in [6, 6.07) is 6.93. The lowest BCUT2D eigenvalue weighted by Crippen LogP contribution is -2.61.